The standard InChI is InChI=1S/C25H24F2N2O5/c1-4-10-15(3)25(5-2)22(32)28(20(30)16-11-6-8-13-18(16)26)24(34)29(23(25)33)21(31)17-12-7-9-14-19(17)27/h6-9,11-15H,4-5,10H2,1-3H3/t15-/m0/s1. The molecule has 1 heterocycles. The SMILES string of the molecule is CCC[C@H](C)C1(CC)C(=O)N(C(=O)c2ccccc2F)C(=O)N(C(=O)c2ccccc2F)C1=O. The van der Waals surface area contributed by atoms with Crippen LogP contribution in [0.3, 0.4) is 0 Å². The third kappa shape index (κ3) is 3.81. The van der Waals surface area contributed by atoms with Crippen LogP contribution >= 0.6 is 0 Å². The Morgan fingerprint density at radius 3 is 1.59 bits per heavy atom. The summed E-state index contributed by atoms with van der Waals surface area (Å²) in [5.41, 5.74) is -3.11. The summed E-state index contributed by atoms with van der Waals surface area (Å²) < 4.78 is 28.8. The van der Waals surface area contributed by atoms with E-state index in [2.05, 4.69) is 0 Å². The van der Waals surface area contributed by atoms with E-state index in [0.717, 1.165) is 24.3 Å². The van der Waals surface area contributed by atoms with Crippen LogP contribution < -0.4 is 0 Å². The first-order chi connectivity index (χ1) is 16.1. The van der Waals surface area contributed by atoms with Gasteiger partial charge in [-0.05, 0) is 43.0 Å². The van der Waals surface area contributed by atoms with Gasteiger partial charge in [-0.1, -0.05) is 51.5 Å². The summed E-state index contributed by atoms with van der Waals surface area (Å²) in [7, 11) is 0. The quantitative estimate of drug-likeness (QED) is 0.456. The number of imide groups is 6. The maximum atomic E-state index is 14.4. The number of barbiturate groups is 1. The van der Waals surface area contributed by atoms with E-state index in [0.29, 0.717) is 12.8 Å². The lowest BCUT2D eigenvalue weighted by molar-refractivity contribution is -0.159. The molecule has 0 bridgehead atoms. The Morgan fingerprint density at radius 2 is 1.24 bits per heavy atom. The summed E-state index contributed by atoms with van der Waals surface area (Å²) in [5, 5.41) is 0. The molecule has 7 nitrogen and oxygen atoms in total. The van der Waals surface area contributed by atoms with E-state index in [1.807, 2.05) is 6.92 Å². The van der Waals surface area contributed by atoms with E-state index < -0.39 is 63.8 Å². The number of carbonyl (C=O) groups excluding carboxylic acids is 5. The van der Waals surface area contributed by atoms with Crippen LogP contribution in [0, 0.1) is 23.0 Å². The first kappa shape index (κ1) is 24.9. The van der Waals surface area contributed by atoms with Gasteiger partial charge in [-0.3, -0.25) is 19.2 Å². The molecular weight excluding hydrogens is 446 g/mol. The van der Waals surface area contributed by atoms with Gasteiger partial charge >= 0.3 is 6.03 Å². The third-order valence-electron chi connectivity index (χ3n) is 6.29. The normalized spacial score (nSPS) is 16.6. The first-order valence-corrected chi connectivity index (χ1v) is 10.9. The fourth-order valence-corrected chi connectivity index (χ4v) is 4.38. The molecule has 1 atom stereocenters. The number of amides is 6. The minimum absolute atomic E-state index is 0.133. The van der Waals surface area contributed by atoms with Gasteiger partial charge in [-0.25, -0.2) is 13.6 Å². The summed E-state index contributed by atoms with van der Waals surface area (Å²) in [6, 6.07) is 7.89. The fourth-order valence-electron chi connectivity index (χ4n) is 4.38. The van der Waals surface area contributed by atoms with E-state index >= 15 is 0 Å². The van der Waals surface area contributed by atoms with Crippen LogP contribution in [-0.2, 0) is 9.59 Å². The molecule has 0 N–H and O–H groups in total. The summed E-state index contributed by atoms with van der Waals surface area (Å²) in [6.45, 7) is 4.96. The number of carbonyl (C=O) groups is 5. The molecule has 0 aliphatic carbocycles. The van der Waals surface area contributed by atoms with Gasteiger partial charge in [0.1, 0.15) is 17.0 Å². The highest BCUT2D eigenvalue weighted by Gasteiger charge is 2.62. The van der Waals surface area contributed by atoms with Crippen molar-refractivity contribution in [2.45, 2.75) is 40.0 Å². The number of nitrogens with zero attached hydrogens (tertiary/aromatic N) is 2. The van der Waals surface area contributed by atoms with Crippen LogP contribution in [0.4, 0.5) is 13.6 Å². The van der Waals surface area contributed by atoms with E-state index in [4.69, 9.17) is 0 Å². The zero-order valence-corrected chi connectivity index (χ0v) is 19.0. The third-order valence-corrected chi connectivity index (χ3v) is 6.29. The highest BCUT2D eigenvalue weighted by atomic mass is 19.1. The molecule has 2 aromatic rings. The summed E-state index contributed by atoms with van der Waals surface area (Å²) in [6.07, 6.45) is 0.796. The van der Waals surface area contributed by atoms with Crippen molar-refractivity contribution in [3.05, 3.63) is 71.3 Å². The van der Waals surface area contributed by atoms with Crippen molar-refractivity contribution in [2.24, 2.45) is 11.3 Å². The van der Waals surface area contributed by atoms with Crippen molar-refractivity contribution in [3.63, 3.8) is 0 Å². The maximum Gasteiger partial charge on any atom is 0.347 e. The zero-order chi connectivity index (χ0) is 25.2. The average molecular weight is 470 g/mol. The summed E-state index contributed by atoms with van der Waals surface area (Å²) in [4.78, 5) is 67.3. The molecule has 2 aromatic carbocycles. The van der Waals surface area contributed by atoms with Gasteiger partial charge in [0.05, 0.1) is 11.1 Å². The highest BCUT2D eigenvalue weighted by molar-refractivity contribution is 6.33. The molecule has 1 fully saturated rings. The monoisotopic (exact) mass is 470 g/mol. The molecule has 0 spiro atoms. The van der Waals surface area contributed by atoms with Crippen LogP contribution in [0.25, 0.3) is 0 Å². The summed E-state index contributed by atoms with van der Waals surface area (Å²) >= 11 is 0. The largest absolute Gasteiger partial charge is 0.347 e. The Morgan fingerprint density at radius 1 is 0.824 bits per heavy atom. The van der Waals surface area contributed by atoms with Gasteiger partial charge in [0.25, 0.3) is 23.6 Å². The minimum atomic E-state index is -1.95. The van der Waals surface area contributed by atoms with Gasteiger partial charge in [-0.15, -0.1) is 0 Å². The first-order valence-electron chi connectivity index (χ1n) is 10.9. The zero-order valence-electron chi connectivity index (χ0n) is 19.0. The molecule has 3 rings (SSSR count). The van der Waals surface area contributed by atoms with Gasteiger partial charge in [0, 0.05) is 0 Å². The molecule has 9 heteroatoms. The molecule has 178 valence electrons. The second-order valence-electron chi connectivity index (χ2n) is 8.15. The Labute approximate surface area is 195 Å². The fraction of sp³-hybridized carbons (Fsp3) is 0.320. The molecule has 0 unspecified atom stereocenters. The molecule has 1 aliphatic heterocycles. The van der Waals surface area contributed by atoms with E-state index in [1.165, 1.54) is 31.2 Å². The predicted octanol–water partition coefficient (Wildman–Crippen LogP) is 4.57. The topological polar surface area (TPSA) is 91.8 Å². The van der Waals surface area contributed by atoms with Crippen molar-refractivity contribution in [3.8, 4) is 0 Å². The number of halogens is 2. The smallest absolute Gasteiger partial charge is 0.273 e. The lowest BCUT2D eigenvalue weighted by Crippen LogP contribution is -2.69. The van der Waals surface area contributed by atoms with Crippen LogP contribution in [0.15, 0.2) is 48.5 Å². The average Bonchev–Trinajstić information content (AvgIpc) is 2.80. The molecule has 0 saturated carbocycles. The van der Waals surface area contributed by atoms with Crippen molar-refractivity contribution in [1.29, 1.82) is 0 Å². The Hall–Kier alpha value is -3.75. The lowest BCUT2D eigenvalue weighted by atomic mass is 9.68. The van der Waals surface area contributed by atoms with Gasteiger partial charge in [-0.2, -0.15) is 9.80 Å². The summed E-state index contributed by atoms with van der Waals surface area (Å²) in [5.74, 6) is -7.53. The van der Waals surface area contributed by atoms with Crippen molar-refractivity contribution in [1.82, 2.24) is 9.80 Å². The Bertz CT molecular complexity index is 1100. The number of benzene rings is 2. The predicted molar refractivity (Wildman–Crippen MR) is 117 cm³/mol. The second-order valence-corrected chi connectivity index (χ2v) is 8.15. The Balaban J connectivity index is 2.23. The van der Waals surface area contributed by atoms with E-state index in [-0.39, 0.29) is 16.2 Å². The number of hydrogen-bond donors (Lipinski definition) is 0. The van der Waals surface area contributed by atoms with Gasteiger partial charge in [0.15, 0.2) is 0 Å². The maximum absolute atomic E-state index is 14.4. The highest BCUT2D eigenvalue weighted by Crippen LogP contribution is 2.42. The number of hydrogen-bond acceptors (Lipinski definition) is 5. The van der Waals surface area contributed by atoms with Crippen LogP contribution in [0.5, 0.6) is 0 Å². The molecule has 34 heavy (non-hydrogen) atoms. The number of urea groups is 1. The van der Waals surface area contributed by atoms with E-state index in [9.17, 15) is 32.8 Å². The lowest BCUT2D eigenvalue weighted by Gasteiger charge is -2.45. The number of rotatable bonds is 6. The van der Waals surface area contributed by atoms with Crippen molar-refractivity contribution < 1.29 is 32.8 Å². The Kier molecular flexibility index (Phi) is 7.04. The van der Waals surface area contributed by atoms with Gasteiger partial charge < -0.3 is 0 Å². The van der Waals surface area contributed by atoms with Crippen LogP contribution in [0.1, 0.15) is 60.7 Å². The van der Waals surface area contributed by atoms with E-state index in [1.54, 1.807) is 6.92 Å². The molecular formula is C25H24F2N2O5. The molecule has 6 amide bonds. The molecule has 0 radical (unpaired) electrons. The molecule has 1 saturated heterocycles. The molecule has 1 aliphatic rings. The minimum Gasteiger partial charge on any atom is -0.273 e. The van der Waals surface area contributed by atoms with Crippen molar-refractivity contribution >= 4 is 29.7 Å². The van der Waals surface area contributed by atoms with Gasteiger partial charge in [0.2, 0.25) is 0 Å². The van der Waals surface area contributed by atoms with Crippen molar-refractivity contribution in [2.75, 3.05) is 0 Å². The second kappa shape index (κ2) is 9.62. The van der Waals surface area contributed by atoms with Crippen LogP contribution in [0.2, 0.25) is 0 Å². The molecule has 0 aromatic heterocycles. The van der Waals surface area contributed by atoms with Crippen LogP contribution in [-0.4, -0.2) is 39.5 Å².